The van der Waals surface area contributed by atoms with E-state index in [0.29, 0.717) is 0 Å². The minimum atomic E-state index is -0.0768. The van der Waals surface area contributed by atoms with E-state index in [1.807, 2.05) is 26.0 Å². The van der Waals surface area contributed by atoms with Gasteiger partial charge < -0.3 is 14.8 Å². The molecule has 1 aromatic heterocycles. The summed E-state index contributed by atoms with van der Waals surface area (Å²) in [7, 11) is 0. The fraction of sp³-hybridized carbons (Fsp3) is 0.643. The van der Waals surface area contributed by atoms with Gasteiger partial charge in [-0.3, -0.25) is 0 Å². The zero-order chi connectivity index (χ0) is 13.0. The highest BCUT2D eigenvalue weighted by Crippen LogP contribution is 2.27. The van der Waals surface area contributed by atoms with Gasteiger partial charge in [-0.25, -0.2) is 4.98 Å². The van der Waals surface area contributed by atoms with Crippen LogP contribution in [0.15, 0.2) is 18.3 Å². The molecule has 0 amide bonds. The molecule has 1 saturated heterocycles. The number of hydrogen-bond acceptors (Lipinski definition) is 4. The van der Waals surface area contributed by atoms with Crippen LogP contribution in [0.25, 0.3) is 0 Å². The van der Waals surface area contributed by atoms with E-state index >= 15 is 0 Å². The number of anilines is 1. The van der Waals surface area contributed by atoms with Crippen molar-refractivity contribution in [3.8, 4) is 5.75 Å². The Morgan fingerprint density at radius 3 is 3.06 bits per heavy atom. The molecule has 100 valence electrons. The second-order valence-electron chi connectivity index (χ2n) is 5.27. The van der Waals surface area contributed by atoms with Gasteiger partial charge in [-0.1, -0.05) is 0 Å². The summed E-state index contributed by atoms with van der Waals surface area (Å²) >= 11 is 0. The predicted octanol–water partition coefficient (Wildman–Crippen LogP) is 2.85. The highest BCUT2D eigenvalue weighted by molar-refractivity contribution is 5.49. The Hall–Kier alpha value is -1.29. The standard InChI is InChI=1S/C14H22N2O2/c1-11(2)18-12-6-4-8-15-13(12)16-10-14(3)7-5-9-17-14/h4,6,8,11H,5,7,9-10H2,1-3H3,(H,15,16). The van der Waals surface area contributed by atoms with E-state index in [0.717, 1.165) is 37.6 Å². The molecular formula is C14H22N2O2. The molecule has 0 aliphatic carbocycles. The molecular weight excluding hydrogens is 228 g/mol. The molecule has 4 heteroatoms. The zero-order valence-corrected chi connectivity index (χ0v) is 11.4. The van der Waals surface area contributed by atoms with E-state index in [2.05, 4.69) is 17.2 Å². The molecule has 4 nitrogen and oxygen atoms in total. The van der Waals surface area contributed by atoms with Crippen LogP contribution in [0.1, 0.15) is 33.6 Å². The van der Waals surface area contributed by atoms with Crippen molar-refractivity contribution in [2.45, 2.75) is 45.3 Å². The van der Waals surface area contributed by atoms with Gasteiger partial charge in [-0.05, 0) is 45.7 Å². The Kier molecular flexibility index (Phi) is 4.07. The molecule has 1 unspecified atom stereocenters. The average molecular weight is 250 g/mol. The van der Waals surface area contributed by atoms with Crippen molar-refractivity contribution in [3.05, 3.63) is 18.3 Å². The summed E-state index contributed by atoms with van der Waals surface area (Å²) in [6.07, 6.45) is 4.14. The van der Waals surface area contributed by atoms with Gasteiger partial charge in [0.25, 0.3) is 0 Å². The molecule has 0 bridgehead atoms. The second-order valence-corrected chi connectivity index (χ2v) is 5.27. The van der Waals surface area contributed by atoms with Gasteiger partial charge in [-0.2, -0.15) is 0 Å². The lowest BCUT2D eigenvalue weighted by Crippen LogP contribution is -2.32. The second kappa shape index (κ2) is 5.57. The largest absolute Gasteiger partial charge is 0.487 e. The van der Waals surface area contributed by atoms with Gasteiger partial charge in [0.15, 0.2) is 11.6 Å². The minimum absolute atomic E-state index is 0.0768. The monoisotopic (exact) mass is 250 g/mol. The van der Waals surface area contributed by atoms with Crippen LogP contribution in [-0.4, -0.2) is 29.8 Å². The first-order chi connectivity index (χ1) is 8.59. The van der Waals surface area contributed by atoms with E-state index in [1.165, 1.54) is 0 Å². The predicted molar refractivity (Wildman–Crippen MR) is 72.1 cm³/mol. The third-order valence-electron chi connectivity index (χ3n) is 3.06. The van der Waals surface area contributed by atoms with Crippen molar-refractivity contribution in [3.63, 3.8) is 0 Å². The Morgan fingerprint density at radius 2 is 2.39 bits per heavy atom. The molecule has 18 heavy (non-hydrogen) atoms. The van der Waals surface area contributed by atoms with E-state index in [9.17, 15) is 0 Å². The SMILES string of the molecule is CC(C)Oc1cccnc1NCC1(C)CCCO1. The summed E-state index contributed by atoms with van der Waals surface area (Å²) < 4.78 is 11.5. The van der Waals surface area contributed by atoms with Crippen LogP contribution in [0, 0.1) is 0 Å². The lowest BCUT2D eigenvalue weighted by Gasteiger charge is -2.24. The van der Waals surface area contributed by atoms with Crippen molar-refractivity contribution >= 4 is 5.82 Å². The van der Waals surface area contributed by atoms with Crippen molar-refractivity contribution in [2.24, 2.45) is 0 Å². The molecule has 0 saturated carbocycles. The van der Waals surface area contributed by atoms with E-state index < -0.39 is 0 Å². The number of aromatic nitrogens is 1. The van der Waals surface area contributed by atoms with E-state index in [4.69, 9.17) is 9.47 Å². The maximum Gasteiger partial charge on any atom is 0.168 e. The molecule has 1 atom stereocenters. The first-order valence-corrected chi connectivity index (χ1v) is 6.59. The van der Waals surface area contributed by atoms with Crippen molar-refractivity contribution in [1.82, 2.24) is 4.98 Å². The van der Waals surface area contributed by atoms with E-state index in [1.54, 1.807) is 6.20 Å². The summed E-state index contributed by atoms with van der Waals surface area (Å²) in [6, 6.07) is 3.82. The van der Waals surface area contributed by atoms with Crippen LogP contribution in [0.2, 0.25) is 0 Å². The quantitative estimate of drug-likeness (QED) is 0.872. The first-order valence-electron chi connectivity index (χ1n) is 6.59. The van der Waals surface area contributed by atoms with Crippen molar-refractivity contribution in [2.75, 3.05) is 18.5 Å². The fourth-order valence-electron chi connectivity index (χ4n) is 2.12. The number of hydrogen-bond donors (Lipinski definition) is 1. The van der Waals surface area contributed by atoms with Gasteiger partial charge in [0.1, 0.15) is 0 Å². The fourth-order valence-corrected chi connectivity index (χ4v) is 2.12. The number of pyridine rings is 1. The van der Waals surface area contributed by atoms with E-state index in [-0.39, 0.29) is 11.7 Å². The van der Waals surface area contributed by atoms with Crippen LogP contribution in [0.3, 0.4) is 0 Å². The molecule has 1 N–H and O–H groups in total. The topological polar surface area (TPSA) is 43.4 Å². The van der Waals surface area contributed by atoms with Gasteiger partial charge >= 0.3 is 0 Å². The van der Waals surface area contributed by atoms with Gasteiger partial charge in [0.05, 0.1) is 11.7 Å². The Balaban J connectivity index is 2.00. The van der Waals surface area contributed by atoms with Crippen LogP contribution in [0.4, 0.5) is 5.82 Å². The summed E-state index contributed by atoms with van der Waals surface area (Å²) in [5.41, 5.74) is -0.0768. The third kappa shape index (κ3) is 3.35. The lowest BCUT2D eigenvalue weighted by molar-refractivity contribution is 0.0314. The minimum Gasteiger partial charge on any atom is -0.487 e. The molecule has 1 aromatic rings. The molecule has 1 aliphatic rings. The molecule has 1 aliphatic heterocycles. The Morgan fingerprint density at radius 1 is 1.56 bits per heavy atom. The maximum atomic E-state index is 5.75. The summed E-state index contributed by atoms with van der Waals surface area (Å²) in [6.45, 7) is 7.78. The third-order valence-corrected chi connectivity index (χ3v) is 3.06. The lowest BCUT2D eigenvalue weighted by atomic mass is 10.0. The number of nitrogens with one attached hydrogen (secondary N) is 1. The Bertz CT molecular complexity index is 387. The van der Waals surface area contributed by atoms with Crippen LogP contribution >= 0.6 is 0 Å². The number of nitrogens with zero attached hydrogens (tertiary/aromatic N) is 1. The summed E-state index contributed by atoms with van der Waals surface area (Å²) in [4.78, 5) is 4.33. The molecule has 2 heterocycles. The van der Waals surface area contributed by atoms with Crippen LogP contribution < -0.4 is 10.1 Å². The smallest absolute Gasteiger partial charge is 0.168 e. The molecule has 0 aromatic carbocycles. The summed E-state index contributed by atoms with van der Waals surface area (Å²) in [5, 5.41) is 3.34. The molecule has 2 rings (SSSR count). The number of rotatable bonds is 5. The maximum absolute atomic E-state index is 5.75. The van der Waals surface area contributed by atoms with Crippen LogP contribution in [0.5, 0.6) is 5.75 Å². The average Bonchev–Trinajstić information content (AvgIpc) is 2.75. The van der Waals surface area contributed by atoms with Crippen LogP contribution in [-0.2, 0) is 4.74 Å². The first kappa shape index (κ1) is 13.1. The van der Waals surface area contributed by atoms with Gasteiger partial charge in [-0.15, -0.1) is 0 Å². The van der Waals surface area contributed by atoms with Crippen molar-refractivity contribution < 1.29 is 9.47 Å². The number of ether oxygens (including phenoxy) is 2. The zero-order valence-electron chi connectivity index (χ0n) is 11.4. The highest BCUT2D eigenvalue weighted by atomic mass is 16.5. The molecule has 1 fully saturated rings. The summed E-state index contributed by atoms with van der Waals surface area (Å²) in [5.74, 6) is 1.59. The van der Waals surface area contributed by atoms with Gasteiger partial charge in [0.2, 0.25) is 0 Å². The molecule has 0 radical (unpaired) electrons. The normalized spacial score (nSPS) is 23.3. The Labute approximate surface area is 109 Å². The molecule has 0 spiro atoms. The van der Waals surface area contributed by atoms with Crippen molar-refractivity contribution in [1.29, 1.82) is 0 Å². The van der Waals surface area contributed by atoms with Gasteiger partial charge in [0, 0.05) is 19.3 Å². The highest BCUT2D eigenvalue weighted by Gasteiger charge is 2.29.